The lowest BCUT2D eigenvalue weighted by molar-refractivity contribution is -0.143. The summed E-state index contributed by atoms with van der Waals surface area (Å²) in [7, 11) is 0. The van der Waals surface area contributed by atoms with E-state index in [2.05, 4.69) is 9.80 Å². The molecule has 2 heterocycles. The highest BCUT2D eigenvalue weighted by Gasteiger charge is 2.33. The first-order chi connectivity index (χ1) is 21.6. The average molecular weight is 660 g/mol. The lowest BCUT2D eigenvalue weighted by Crippen LogP contribution is -2.47. The number of carbonyl (C=O) groups is 2. The second-order valence-electron chi connectivity index (χ2n) is 10.9. The number of alkyl halides is 3. The number of rotatable bonds is 11. The Balaban J connectivity index is 1.06. The number of para-hydroxylation sites is 2. The number of piperazine rings is 1. The lowest BCUT2D eigenvalue weighted by Gasteiger charge is -2.36. The van der Waals surface area contributed by atoms with Crippen LogP contribution in [0.15, 0.2) is 81.4 Å². The van der Waals surface area contributed by atoms with E-state index < -0.39 is 23.0 Å². The van der Waals surface area contributed by atoms with Crippen molar-refractivity contribution in [3.63, 3.8) is 0 Å². The molecule has 1 unspecified atom stereocenters. The molecule has 0 aliphatic carbocycles. The third-order valence-corrected chi connectivity index (χ3v) is 9.93. The van der Waals surface area contributed by atoms with Gasteiger partial charge in [-0.15, -0.1) is 11.8 Å². The molecular weight excluding hydrogens is 624 g/mol. The van der Waals surface area contributed by atoms with E-state index in [1.807, 2.05) is 35.2 Å². The second kappa shape index (κ2) is 14.9. The van der Waals surface area contributed by atoms with Crippen LogP contribution in [0, 0.1) is 0 Å². The number of ether oxygens (including phenoxy) is 2. The van der Waals surface area contributed by atoms with Gasteiger partial charge in [0, 0.05) is 56.0 Å². The average Bonchev–Trinajstić information content (AvgIpc) is 3.01. The van der Waals surface area contributed by atoms with Gasteiger partial charge in [-0.2, -0.15) is 13.2 Å². The molecule has 2 aliphatic rings. The number of esters is 2. The molecule has 0 N–H and O–H groups in total. The van der Waals surface area contributed by atoms with Gasteiger partial charge >= 0.3 is 18.1 Å². The van der Waals surface area contributed by atoms with Gasteiger partial charge in [0.25, 0.3) is 0 Å². The van der Waals surface area contributed by atoms with Crippen molar-refractivity contribution in [2.75, 3.05) is 57.3 Å². The van der Waals surface area contributed by atoms with Crippen LogP contribution >= 0.6 is 23.5 Å². The summed E-state index contributed by atoms with van der Waals surface area (Å²) in [6, 6.07) is 18.9. The van der Waals surface area contributed by atoms with Gasteiger partial charge < -0.3 is 19.3 Å². The third kappa shape index (κ3) is 8.75. The number of hydrogen-bond acceptors (Lipinski definition) is 9. The molecule has 0 amide bonds. The van der Waals surface area contributed by atoms with Gasteiger partial charge in [-0.1, -0.05) is 36.0 Å². The van der Waals surface area contributed by atoms with Gasteiger partial charge in [-0.05, 0) is 62.4 Å². The van der Waals surface area contributed by atoms with Crippen molar-refractivity contribution < 1.29 is 32.2 Å². The summed E-state index contributed by atoms with van der Waals surface area (Å²) in [5.74, 6) is -0.315. The molecule has 3 aromatic rings. The normalized spacial score (nSPS) is 16.1. The van der Waals surface area contributed by atoms with Crippen molar-refractivity contribution in [2.45, 2.75) is 46.4 Å². The maximum absolute atomic E-state index is 13.5. The highest BCUT2D eigenvalue weighted by Crippen LogP contribution is 2.49. The summed E-state index contributed by atoms with van der Waals surface area (Å²) in [5.41, 5.74) is 0.912. The fourth-order valence-electron chi connectivity index (χ4n) is 5.35. The predicted molar refractivity (Wildman–Crippen MR) is 171 cm³/mol. The molecule has 240 valence electrons. The number of thioether (sulfide) groups is 1. The van der Waals surface area contributed by atoms with Crippen molar-refractivity contribution in [3.05, 3.63) is 72.3 Å². The van der Waals surface area contributed by atoms with Gasteiger partial charge in [0.2, 0.25) is 0 Å². The van der Waals surface area contributed by atoms with Gasteiger partial charge in [0.05, 0.1) is 21.8 Å². The SMILES string of the molecule is CC(=O)Oc1ccccc1SC(C)C(=O)OCCN1CCN(CCCN2c3ccccc3Sc3ccc(C(F)(F)F)cc32)CC1. The van der Waals surface area contributed by atoms with E-state index in [1.165, 1.54) is 36.5 Å². The Labute approximate surface area is 270 Å². The first-order valence-corrected chi connectivity index (χ1v) is 16.6. The largest absolute Gasteiger partial charge is 0.463 e. The van der Waals surface area contributed by atoms with Crippen molar-refractivity contribution in [1.29, 1.82) is 0 Å². The van der Waals surface area contributed by atoms with Gasteiger partial charge in [-0.3, -0.25) is 14.5 Å². The van der Waals surface area contributed by atoms with Crippen LogP contribution in [0.4, 0.5) is 24.5 Å². The molecule has 0 spiro atoms. The summed E-state index contributed by atoms with van der Waals surface area (Å²) in [4.78, 5) is 33.2. The van der Waals surface area contributed by atoms with Crippen LogP contribution in [0.2, 0.25) is 0 Å². The summed E-state index contributed by atoms with van der Waals surface area (Å²) >= 11 is 2.80. The molecule has 0 aromatic heterocycles. The number of benzene rings is 3. The first kappa shape index (κ1) is 33.2. The molecule has 45 heavy (non-hydrogen) atoms. The molecule has 0 bridgehead atoms. The fraction of sp³-hybridized carbons (Fsp3) is 0.394. The molecule has 1 saturated heterocycles. The molecule has 1 atom stereocenters. The molecular formula is C33H36F3N3O4S2. The molecule has 0 saturated carbocycles. The maximum Gasteiger partial charge on any atom is 0.416 e. The Bertz CT molecular complexity index is 1500. The number of nitrogens with zero attached hydrogens (tertiary/aromatic N) is 3. The smallest absolute Gasteiger partial charge is 0.416 e. The van der Waals surface area contributed by atoms with Crippen LogP contribution in [0.3, 0.4) is 0 Å². The van der Waals surface area contributed by atoms with E-state index in [0.717, 1.165) is 60.7 Å². The van der Waals surface area contributed by atoms with Crippen molar-refractivity contribution in [3.8, 4) is 5.75 Å². The minimum absolute atomic E-state index is 0.293. The molecule has 5 rings (SSSR count). The van der Waals surface area contributed by atoms with E-state index in [-0.39, 0.29) is 5.97 Å². The van der Waals surface area contributed by atoms with E-state index >= 15 is 0 Å². The van der Waals surface area contributed by atoms with Crippen LogP contribution in [-0.4, -0.2) is 79.4 Å². The molecule has 0 radical (unpaired) electrons. The summed E-state index contributed by atoms with van der Waals surface area (Å²) in [6.07, 6.45) is -3.58. The Hall–Kier alpha value is -3.19. The van der Waals surface area contributed by atoms with Crippen LogP contribution in [-0.2, 0) is 20.5 Å². The zero-order valence-corrected chi connectivity index (χ0v) is 26.9. The summed E-state index contributed by atoms with van der Waals surface area (Å²) < 4.78 is 51.3. The number of anilines is 2. The van der Waals surface area contributed by atoms with Crippen molar-refractivity contribution in [1.82, 2.24) is 9.80 Å². The zero-order valence-electron chi connectivity index (χ0n) is 25.2. The quantitative estimate of drug-likeness (QED) is 0.124. The van der Waals surface area contributed by atoms with Crippen molar-refractivity contribution in [2.24, 2.45) is 0 Å². The molecule has 3 aromatic carbocycles. The Morgan fingerprint density at radius 1 is 0.889 bits per heavy atom. The predicted octanol–water partition coefficient (Wildman–Crippen LogP) is 6.97. The number of halogens is 3. The lowest BCUT2D eigenvalue weighted by atomic mass is 10.1. The van der Waals surface area contributed by atoms with Gasteiger partial charge in [0.1, 0.15) is 17.6 Å². The summed E-state index contributed by atoms with van der Waals surface area (Å²) in [5, 5.41) is -0.462. The molecule has 2 aliphatic heterocycles. The van der Waals surface area contributed by atoms with Gasteiger partial charge in [-0.25, -0.2) is 0 Å². The van der Waals surface area contributed by atoms with Crippen LogP contribution in [0.1, 0.15) is 25.8 Å². The monoisotopic (exact) mass is 659 g/mol. The Morgan fingerprint density at radius 3 is 2.29 bits per heavy atom. The molecule has 7 nitrogen and oxygen atoms in total. The maximum atomic E-state index is 13.5. The van der Waals surface area contributed by atoms with Crippen LogP contribution in [0.5, 0.6) is 5.75 Å². The minimum atomic E-state index is -4.39. The van der Waals surface area contributed by atoms with Gasteiger partial charge in [0.15, 0.2) is 0 Å². The van der Waals surface area contributed by atoms with E-state index in [4.69, 9.17) is 9.47 Å². The Morgan fingerprint density at radius 2 is 1.56 bits per heavy atom. The minimum Gasteiger partial charge on any atom is -0.463 e. The van der Waals surface area contributed by atoms with Crippen molar-refractivity contribution >= 4 is 46.8 Å². The highest BCUT2D eigenvalue weighted by atomic mass is 32.2. The van der Waals surface area contributed by atoms with Crippen LogP contribution in [0.25, 0.3) is 0 Å². The molecule has 12 heteroatoms. The number of carbonyl (C=O) groups excluding carboxylic acids is 2. The molecule has 1 fully saturated rings. The highest BCUT2D eigenvalue weighted by molar-refractivity contribution is 8.00. The number of hydrogen-bond donors (Lipinski definition) is 0. The summed E-state index contributed by atoms with van der Waals surface area (Å²) in [6.45, 7) is 8.93. The topological polar surface area (TPSA) is 62.3 Å². The van der Waals surface area contributed by atoms with E-state index in [0.29, 0.717) is 36.0 Å². The van der Waals surface area contributed by atoms with E-state index in [1.54, 1.807) is 31.2 Å². The first-order valence-electron chi connectivity index (χ1n) is 14.9. The van der Waals surface area contributed by atoms with E-state index in [9.17, 15) is 22.8 Å². The second-order valence-corrected chi connectivity index (χ2v) is 13.4. The zero-order chi connectivity index (χ0) is 32.0. The number of fused-ring (bicyclic) bond motifs is 2. The Kier molecular flexibility index (Phi) is 11.0. The third-order valence-electron chi connectivity index (χ3n) is 7.66. The standard InChI is InChI=1S/C33H36F3N3O4S2/c1-23(44-31-11-6-4-9-28(31)43-24(2)40)32(41)42-21-20-38-18-16-37(17-19-38)14-7-15-39-26-8-3-5-10-29(26)45-30-13-12-25(22-27(30)39)33(34,35)36/h3-6,8-13,22-23H,7,14-21H2,1-2H3. The fourth-order valence-corrected chi connectivity index (χ4v) is 7.36. The van der Waals surface area contributed by atoms with Crippen LogP contribution < -0.4 is 9.64 Å².